The van der Waals surface area contributed by atoms with Crippen LogP contribution in [0.5, 0.6) is 0 Å². The van der Waals surface area contributed by atoms with Gasteiger partial charge in [0.1, 0.15) is 5.82 Å². The zero-order chi connectivity index (χ0) is 15.2. The molecule has 1 aliphatic heterocycles. The zero-order valence-electron chi connectivity index (χ0n) is 11.8. The average Bonchev–Trinajstić information content (AvgIpc) is 2.50. The summed E-state index contributed by atoms with van der Waals surface area (Å²) in [5.74, 6) is -0.804. The number of hydrogen-bond acceptors (Lipinski definition) is 3. The first-order valence-electron chi connectivity index (χ1n) is 7.20. The number of piperidine rings is 1. The number of nitrogens with zero attached hydrogens (tertiary/aromatic N) is 1. The van der Waals surface area contributed by atoms with Crippen molar-refractivity contribution in [1.29, 1.82) is 0 Å². The van der Waals surface area contributed by atoms with Gasteiger partial charge in [0.05, 0.1) is 11.6 Å². The molecule has 1 aromatic rings. The predicted octanol–water partition coefficient (Wildman–Crippen LogP) is 2.06. The Balaban J connectivity index is 1.82. The van der Waals surface area contributed by atoms with E-state index < -0.39 is 5.82 Å². The van der Waals surface area contributed by atoms with Gasteiger partial charge in [-0.2, -0.15) is 0 Å². The minimum absolute atomic E-state index is 0.0565. The van der Waals surface area contributed by atoms with Crippen molar-refractivity contribution in [2.24, 2.45) is 0 Å². The highest BCUT2D eigenvalue weighted by atomic mass is 35.5. The third kappa shape index (κ3) is 4.40. The smallest absolute Gasteiger partial charge is 0.251 e. The molecule has 0 saturated carbocycles. The number of halogens is 2. The number of carbonyl (C=O) groups is 1. The van der Waals surface area contributed by atoms with Crippen LogP contribution in [0.1, 0.15) is 29.6 Å². The minimum Gasteiger partial charge on any atom is -0.395 e. The third-order valence-corrected chi connectivity index (χ3v) is 4.12. The molecule has 21 heavy (non-hydrogen) atoms. The molecular weight excluding hydrogens is 295 g/mol. The topological polar surface area (TPSA) is 52.6 Å². The second kappa shape index (κ2) is 7.73. The van der Waals surface area contributed by atoms with Crippen LogP contribution in [0.3, 0.4) is 0 Å². The van der Waals surface area contributed by atoms with Gasteiger partial charge in [0.15, 0.2) is 0 Å². The predicted molar refractivity (Wildman–Crippen MR) is 80.0 cm³/mol. The van der Waals surface area contributed by atoms with Crippen molar-refractivity contribution in [2.75, 3.05) is 26.2 Å². The van der Waals surface area contributed by atoms with Crippen LogP contribution < -0.4 is 5.32 Å². The summed E-state index contributed by atoms with van der Waals surface area (Å²) in [5, 5.41) is 12.1. The Morgan fingerprint density at radius 2 is 2.29 bits per heavy atom. The van der Waals surface area contributed by atoms with Crippen molar-refractivity contribution >= 4 is 17.5 Å². The maximum atomic E-state index is 13.0. The summed E-state index contributed by atoms with van der Waals surface area (Å²) in [5.41, 5.74) is 0.346. The maximum absolute atomic E-state index is 13.0. The van der Waals surface area contributed by atoms with E-state index in [4.69, 9.17) is 11.6 Å². The molecule has 1 aromatic carbocycles. The largest absolute Gasteiger partial charge is 0.395 e. The number of hydrogen-bond donors (Lipinski definition) is 2. The van der Waals surface area contributed by atoms with E-state index in [1.165, 1.54) is 18.2 Å². The van der Waals surface area contributed by atoms with Crippen molar-refractivity contribution in [3.05, 3.63) is 34.6 Å². The quantitative estimate of drug-likeness (QED) is 0.874. The van der Waals surface area contributed by atoms with E-state index in [1.54, 1.807) is 0 Å². The van der Waals surface area contributed by atoms with Crippen molar-refractivity contribution < 1.29 is 14.3 Å². The SMILES string of the molecule is O=C(NCCN1CCCCC1CO)c1ccc(F)c(Cl)c1. The molecule has 1 unspecified atom stereocenters. The van der Waals surface area contributed by atoms with Crippen LogP contribution >= 0.6 is 11.6 Å². The Labute approximate surface area is 128 Å². The van der Waals surface area contributed by atoms with Gasteiger partial charge in [0, 0.05) is 24.7 Å². The van der Waals surface area contributed by atoms with Gasteiger partial charge < -0.3 is 10.4 Å². The van der Waals surface area contributed by atoms with E-state index in [0.717, 1.165) is 25.8 Å². The monoisotopic (exact) mass is 314 g/mol. The minimum atomic E-state index is -0.535. The second-order valence-corrected chi connectivity index (χ2v) is 5.66. The van der Waals surface area contributed by atoms with Gasteiger partial charge in [-0.05, 0) is 37.6 Å². The highest BCUT2D eigenvalue weighted by Crippen LogP contribution is 2.17. The van der Waals surface area contributed by atoms with Gasteiger partial charge in [0.25, 0.3) is 5.91 Å². The standard InChI is InChI=1S/C15H20ClFN2O2/c16-13-9-11(4-5-14(13)17)15(21)18-6-8-19-7-2-1-3-12(19)10-20/h4-5,9,12,20H,1-3,6-8,10H2,(H,18,21). The molecule has 6 heteroatoms. The lowest BCUT2D eigenvalue weighted by Crippen LogP contribution is -2.45. The second-order valence-electron chi connectivity index (χ2n) is 5.25. The zero-order valence-corrected chi connectivity index (χ0v) is 12.6. The number of likely N-dealkylation sites (tertiary alicyclic amines) is 1. The molecule has 0 spiro atoms. The van der Waals surface area contributed by atoms with E-state index in [1.807, 2.05) is 0 Å². The van der Waals surface area contributed by atoms with Gasteiger partial charge in [-0.15, -0.1) is 0 Å². The first kappa shape index (κ1) is 16.2. The van der Waals surface area contributed by atoms with Gasteiger partial charge >= 0.3 is 0 Å². The highest BCUT2D eigenvalue weighted by molar-refractivity contribution is 6.31. The summed E-state index contributed by atoms with van der Waals surface area (Å²) in [4.78, 5) is 14.1. The van der Waals surface area contributed by atoms with Crippen molar-refractivity contribution in [3.8, 4) is 0 Å². The summed E-state index contributed by atoms with van der Waals surface area (Å²) >= 11 is 5.66. The fourth-order valence-corrected chi connectivity index (χ4v) is 2.79. The fraction of sp³-hybridized carbons (Fsp3) is 0.533. The molecule has 4 nitrogen and oxygen atoms in total. The van der Waals surface area contributed by atoms with Crippen LogP contribution in [0.15, 0.2) is 18.2 Å². The van der Waals surface area contributed by atoms with Crippen LogP contribution in [0.2, 0.25) is 5.02 Å². The number of aliphatic hydroxyl groups excluding tert-OH is 1. The van der Waals surface area contributed by atoms with Gasteiger partial charge in [-0.25, -0.2) is 4.39 Å². The lowest BCUT2D eigenvalue weighted by molar-refractivity contribution is 0.0849. The van der Waals surface area contributed by atoms with Crippen LogP contribution in [0, 0.1) is 5.82 Å². The molecule has 1 heterocycles. The number of amides is 1. The molecular formula is C15H20ClFN2O2. The van der Waals surface area contributed by atoms with E-state index in [-0.39, 0.29) is 23.6 Å². The van der Waals surface area contributed by atoms with Gasteiger partial charge in [0.2, 0.25) is 0 Å². The summed E-state index contributed by atoms with van der Waals surface area (Å²) in [6, 6.07) is 4.11. The molecule has 0 bridgehead atoms. The van der Waals surface area contributed by atoms with Crippen LogP contribution in [-0.4, -0.2) is 48.2 Å². The van der Waals surface area contributed by atoms with Crippen molar-refractivity contribution in [2.45, 2.75) is 25.3 Å². The highest BCUT2D eigenvalue weighted by Gasteiger charge is 2.21. The lowest BCUT2D eigenvalue weighted by atomic mass is 10.0. The third-order valence-electron chi connectivity index (χ3n) is 3.83. The summed E-state index contributed by atoms with van der Waals surface area (Å²) in [7, 11) is 0. The lowest BCUT2D eigenvalue weighted by Gasteiger charge is -2.34. The Hall–Kier alpha value is -1.17. The van der Waals surface area contributed by atoms with Crippen molar-refractivity contribution in [3.63, 3.8) is 0 Å². The number of rotatable bonds is 5. The number of carbonyl (C=O) groups excluding carboxylic acids is 1. The van der Waals surface area contributed by atoms with Crippen molar-refractivity contribution in [1.82, 2.24) is 10.2 Å². The van der Waals surface area contributed by atoms with Crippen LogP contribution in [0.4, 0.5) is 4.39 Å². The Bertz CT molecular complexity index is 499. The molecule has 116 valence electrons. The Morgan fingerprint density at radius 1 is 1.48 bits per heavy atom. The normalized spacial score (nSPS) is 19.5. The van der Waals surface area contributed by atoms with Gasteiger partial charge in [-0.1, -0.05) is 18.0 Å². The average molecular weight is 315 g/mol. The van der Waals surface area contributed by atoms with Gasteiger partial charge in [-0.3, -0.25) is 9.69 Å². The first-order chi connectivity index (χ1) is 10.1. The fourth-order valence-electron chi connectivity index (χ4n) is 2.61. The van der Waals surface area contributed by atoms with E-state index in [0.29, 0.717) is 18.7 Å². The van der Waals surface area contributed by atoms with Crippen LogP contribution in [0.25, 0.3) is 0 Å². The maximum Gasteiger partial charge on any atom is 0.251 e. The molecule has 2 rings (SSSR count). The van der Waals surface area contributed by atoms with E-state index in [2.05, 4.69) is 10.2 Å². The molecule has 2 N–H and O–H groups in total. The first-order valence-corrected chi connectivity index (χ1v) is 7.58. The summed E-state index contributed by atoms with van der Waals surface area (Å²) in [6.45, 7) is 2.29. The molecule has 1 saturated heterocycles. The summed E-state index contributed by atoms with van der Waals surface area (Å²) < 4.78 is 13.0. The summed E-state index contributed by atoms with van der Waals surface area (Å²) in [6.07, 6.45) is 3.26. The molecule has 1 atom stereocenters. The number of nitrogens with one attached hydrogen (secondary N) is 1. The number of benzene rings is 1. The number of aliphatic hydroxyl groups is 1. The molecule has 0 aromatic heterocycles. The molecule has 1 aliphatic rings. The molecule has 0 radical (unpaired) electrons. The van der Waals surface area contributed by atoms with E-state index >= 15 is 0 Å². The van der Waals surface area contributed by atoms with E-state index in [9.17, 15) is 14.3 Å². The molecule has 1 fully saturated rings. The molecule has 0 aliphatic carbocycles. The molecule has 1 amide bonds. The Kier molecular flexibility index (Phi) is 5.96. The van der Waals surface area contributed by atoms with Crippen LogP contribution in [-0.2, 0) is 0 Å². The Morgan fingerprint density at radius 3 is 3.00 bits per heavy atom.